The van der Waals surface area contributed by atoms with Crippen molar-refractivity contribution in [2.45, 2.75) is 6.92 Å². The number of rotatable bonds is 3. The van der Waals surface area contributed by atoms with E-state index in [2.05, 4.69) is 79.7 Å². The normalized spacial score (nSPS) is 14.5. The van der Waals surface area contributed by atoms with Gasteiger partial charge in [-0.3, -0.25) is 0 Å². The second-order valence-electron chi connectivity index (χ2n) is 8.28. The summed E-state index contributed by atoms with van der Waals surface area (Å²) in [6.07, 6.45) is 0. The summed E-state index contributed by atoms with van der Waals surface area (Å²) < 4.78 is 18.6. The van der Waals surface area contributed by atoms with E-state index in [-0.39, 0.29) is 0 Å². The fourth-order valence-corrected chi connectivity index (χ4v) is 6.80. The van der Waals surface area contributed by atoms with Crippen LogP contribution in [0.25, 0.3) is 32.7 Å². The number of fused-ring (bicyclic) bond motifs is 5. The summed E-state index contributed by atoms with van der Waals surface area (Å²) in [5.41, 5.74) is 3.57. The Balaban J connectivity index is 1.65. The van der Waals surface area contributed by atoms with E-state index in [0.717, 1.165) is 38.9 Å². The third-order valence-corrected chi connectivity index (χ3v) is 8.25. The molecule has 0 fully saturated rings. The minimum Gasteiger partial charge on any atom is -0.496 e. The molecule has 1 aliphatic rings. The summed E-state index contributed by atoms with van der Waals surface area (Å²) in [5, 5.41) is 6.64. The molecule has 0 aliphatic carbocycles. The zero-order chi connectivity index (χ0) is 22.5. The van der Waals surface area contributed by atoms with Crippen molar-refractivity contribution in [3.05, 3.63) is 90.5 Å². The molecular weight excluding hydrogens is 427 g/mol. The number of aryl methyl sites for hydroxylation is 1. The van der Waals surface area contributed by atoms with Crippen molar-refractivity contribution in [2.24, 2.45) is 0 Å². The third kappa shape index (κ3) is 3.15. The van der Waals surface area contributed by atoms with Gasteiger partial charge in [0.15, 0.2) is 8.15 Å². The van der Waals surface area contributed by atoms with Gasteiger partial charge in [-0.15, -0.1) is 0 Å². The van der Waals surface area contributed by atoms with Crippen LogP contribution in [0.15, 0.2) is 84.9 Å². The number of hydrogen-bond donors (Lipinski definition) is 0. The molecule has 1 aliphatic heterocycles. The van der Waals surface area contributed by atoms with Crippen molar-refractivity contribution in [3.63, 3.8) is 0 Å². The highest BCUT2D eigenvalue weighted by Crippen LogP contribution is 2.51. The maximum Gasteiger partial charge on any atom is 0.155 e. The SMILES string of the molecule is COc1cc(P2Oc3ccccc3-c3ccccc32)c(OC)c2cc3cc(C)ccc3cc12. The van der Waals surface area contributed by atoms with E-state index in [0.29, 0.717) is 0 Å². The van der Waals surface area contributed by atoms with Crippen molar-refractivity contribution in [1.29, 1.82) is 0 Å². The molecule has 5 aromatic rings. The highest BCUT2D eigenvalue weighted by molar-refractivity contribution is 7.69. The Morgan fingerprint density at radius 3 is 2.24 bits per heavy atom. The maximum absolute atomic E-state index is 6.67. The number of ether oxygens (including phenoxy) is 2. The Morgan fingerprint density at radius 2 is 1.42 bits per heavy atom. The lowest BCUT2D eigenvalue weighted by Gasteiger charge is -2.30. The Kier molecular flexibility index (Phi) is 4.74. The Labute approximate surface area is 194 Å². The van der Waals surface area contributed by atoms with Crippen LogP contribution in [0.5, 0.6) is 17.2 Å². The van der Waals surface area contributed by atoms with Crippen LogP contribution in [0.3, 0.4) is 0 Å². The summed E-state index contributed by atoms with van der Waals surface area (Å²) in [4.78, 5) is 0. The van der Waals surface area contributed by atoms with E-state index in [1.54, 1.807) is 14.2 Å². The molecule has 1 atom stereocenters. The predicted octanol–water partition coefficient (Wildman–Crippen LogP) is 6.73. The molecule has 5 aromatic carbocycles. The first-order valence-electron chi connectivity index (χ1n) is 10.9. The van der Waals surface area contributed by atoms with Crippen molar-refractivity contribution in [3.8, 4) is 28.4 Å². The molecule has 0 aromatic heterocycles. The van der Waals surface area contributed by atoms with Crippen LogP contribution in [0.4, 0.5) is 0 Å². The van der Waals surface area contributed by atoms with E-state index in [4.69, 9.17) is 14.0 Å². The van der Waals surface area contributed by atoms with E-state index in [1.807, 2.05) is 12.1 Å². The number of benzene rings is 5. The zero-order valence-corrected chi connectivity index (χ0v) is 19.6. The number of hydrogen-bond acceptors (Lipinski definition) is 3. The lowest BCUT2D eigenvalue weighted by Crippen LogP contribution is -2.22. The lowest BCUT2D eigenvalue weighted by molar-refractivity contribution is 0.413. The number of methoxy groups -OCH3 is 2. The van der Waals surface area contributed by atoms with Crippen molar-refractivity contribution in [1.82, 2.24) is 0 Å². The molecule has 0 bridgehead atoms. The van der Waals surface area contributed by atoms with Gasteiger partial charge in [0.05, 0.1) is 19.5 Å². The summed E-state index contributed by atoms with van der Waals surface area (Å²) in [6, 6.07) is 29.7. The van der Waals surface area contributed by atoms with E-state index in [1.165, 1.54) is 27.2 Å². The van der Waals surface area contributed by atoms with Crippen LogP contribution in [0.2, 0.25) is 0 Å². The quantitative estimate of drug-likeness (QED) is 0.225. The van der Waals surface area contributed by atoms with Gasteiger partial charge in [-0.25, -0.2) is 0 Å². The molecule has 1 unspecified atom stereocenters. The monoisotopic (exact) mass is 450 g/mol. The average molecular weight is 450 g/mol. The highest BCUT2D eigenvalue weighted by Gasteiger charge is 2.31. The van der Waals surface area contributed by atoms with Gasteiger partial charge in [0.1, 0.15) is 17.2 Å². The standard InChI is InChI=1S/C29H23O3P/c1-18-12-13-19-15-23-24(16-20(19)14-18)29(31-3)28(17-26(23)30-2)33-27-11-7-5-9-22(27)21-8-4-6-10-25(21)32-33/h4-17H,1-3H3. The molecule has 0 saturated heterocycles. The van der Waals surface area contributed by atoms with Crippen molar-refractivity contribution >= 4 is 40.3 Å². The first-order valence-corrected chi connectivity index (χ1v) is 12.2. The Morgan fingerprint density at radius 1 is 0.667 bits per heavy atom. The van der Waals surface area contributed by atoms with Gasteiger partial charge < -0.3 is 14.0 Å². The third-order valence-electron chi connectivity index (χ3n) is 6.28. The molecule has 0 N–H and O–H groups in total. The van der Waals surface area contributed by atoms with Crippen molar-refractivity contribution < 1.29 is 14.0 Å². The first-order chi connectivity index (χ1) is 16.2. The fraction of sp³-hybridized carbons (Fsp3) is 0.103. The van der Waals surface area contributed by atoms with Gasteiger partial charge in [0.25, 0.3) is 0 Å². The van der Waals surface area contributed by atoms with E-state index < -0.39 is 8.15 Å². The minimum atomic E-state index is -1.15. The van der Waals surface area contributed by atoms with Gasteiger partial charge in [-0.2, -0.15) is 0 Å². The Hall–Kier alpha value is -3.55. The fourth-order valence-electron chi connectivity index (χ4n) is 4.72. The summed E-state index contributed by atoms with van der Waals surface area (Å²) in [6.45, 7) is 2.12. The molecular formula is C29H23O3P. The van der Waals surface area contributed by atoms with Crippen molar-refractivity contribution in [2.75, 3.05) is 14.2 Å². The molecule has 0 spiro atoms. The van der Waals surface area contributed by atoms with Gasteiger partial charge in [0.2, 0.25) is 0 Å². The van der Waals surface area contributed by atoms with E-state index >= 15 is 0 Å². The highest BCUT2D eigenvalue weighted by atomic mass is 31.1. The molecule has 1 heterocycles. The second-order valence-corrected chi connectivity index (χ2v) is 10.0. The molecule has 0 amide bonds. The molecule has 162 valence electrons. The second kappa shape index (κ2) is 7.79. The summed E-state index contributed by atoms with van der Waals surface area (Å²) >= 11 is 0. The van der Waals surface area contributed by atoms with Crippen LogP contribution in [-0.2, 0) is 0 Å². The first kappa shape index (κ1) is 20.1. The molecule has 3 nitrogen and oxygen atoms in total. The van der Waals surface area contributed by atoms with Crippen LogP contribution in [0, 0.1) is 6.92 Å². The van der Waals surface area contributed by atoms with Crippen LogP contribution in [-0.4, -0.2) is 14.2 Å². The van der Waals surface area contributed by atoms with Crippen LogP contribution in [0.1, 0.15) is 5.56 Å². The predicted molar refractivity (Wildman–Crippen MR) is 138 cm³/mol. The molecule has 6 rings (SSSR count). The molecule has 4 heteroatoms. The average Bonchev–Trinajstić information content (AvgIpc) is 2.86. The summed E-state index contributed by atoms with van der Waals surface area (Å²) in [5.74, 6) is 2.57. The molecule has 33 heavy (non-hydrogen) atoms. The van der Waals surface area contributed by atoms with Crippen LogP contribution < -0.4 is 24.6 Å². The topological polar surface area (TPSA) is 27.7 Å². The lowest BCUT2D eigenvalue weighted by atomic mass is 10.0. The van der Waals surface area contributed by atoms with Crippen LogP contribution >= 0.6 is 8.15 Å². The smallest absolute Gasteiger partial charge is 0.155 e. The zero-order valence-electron chi connectivity index (χ0n) is 18.8. The minimum absolute atomic E-state index is 0.825. The van der Waals surface area contributed by atoms with Gasteiger partial charge in [0, 0.05) is 21.6 Å². The largest absolute Gasteiger partial charge is 0.496 e. The molecule has 0 radical (unpaired) electrons. The molecule has 0 saturated carbocycles. The maximum atomic E-state index is 6.67. The van der Waals surface area contributed by atoms with Gasteiger partial charge >= 0.3 is 0 Å². The number of para-hydroxylation sites is 1. The Bertz CT molecular complexity index is 1540. The van der Waals surface area contributed by atoms with Gasteiger partial charge in [-0.05, 0) is 47.5 Å². The van der Waals surface area contributed by atoms with Gasteiger partial charge in [-0.1, -0.05) is 66.2 Å². The van der Waals surface area contributed by atoms with E-state index in [9.17, 15) is 0 Å². The summed E-state index contributed by atoms with van der Waals surface area (Å²) in [7, 11) is 2.32.